The van der Waals surface area contributed by atoms with E-state index in [-0.39, 0.29) is 11.9 Å². The van der Waals surface area contributed by atoms with Crippen molar-refractivity contribution in [2.24, 2.45) is 0 Å². The van der Waals surface area contributed by atoms with Crippen LogP contribution in [-0.4, -0.2) is 30.1 Å². The van der Waals surface area contributed by atoms with Gasteiger partial charge in [0.05, 0.1) is 12.1 Å². The lowest BCUT2D eigenvalue weighted by molar-refractivity contribution is 0.0868. The van der Waals surface area contributed by atoms with E-state index in [0.717, 1.165) is 10.9 Å². The summed E-state index contributed by atoms with van der Waals surface area (Å²) >= 11 is 0. The Kier molecular flexibility index (Phi) is 4.53. The third-order valence-corrected chi connectivity index (χ3v) is 2.93. The van der Waals surface area contributed by atoms with E-state index in [2.05, 4.69) is 10.3 Å². The van der Waals surface area contributed by atoms with Gasteiger partial charge in [-0.2, -0.15) is 0 Å². The van der Waals surface area contributed by atoms with Crippen LogP contribution in [0.5, 0.6) is 0 Å². The number of nitrogens with two attached hydrogens (primary N) is 1. The van der Waals surface area contributed by atoms with E-state index in [4.69, 9.17) is 10.5 Å². The summed E-state index contributed by atoms with van der Waals surface area (Å²) in [5, 5.41) is 3.69. The summed E-state index contributed by atoms with van der Waals surface area (Å²) in [6.45, 7) is 4.91. The minimum Gasteiger partial charge on any atom is -0.398 e. The molecule has 0 aliphatic carbocycles. The number of para-hydroxylation sites is 1. The molecule has 3 N–H and O–H groups in total. The van der Waals surface area contributed by atoms with Gasteiger partial charge in [-0.1, -0.05) is 18.2 Å². The number of nitrogens with one attached hydrogen (secondary N) is 1. The lowest BCUT2D eigenvalue weighted by Crippen LogP contribution is -2.36. The molecule has 2 aromatic rings. The highest BCUT2D eigenvalue weighted by Gasteiger charge is 2.13. The number of amides is 1. The normalized spacial score (nSPS) is 12.3. The molecule has 1 aromatic carbocycles. The fourth-order valence-corrected chi connectivity index (χ4v) is 1.95. The molecule has 2 rings (SSSR count). The first-order valence-corrected chi connectivity index (χ1v) is 6.65. The maximum absolute atomic E-state index is 12.1. The minimum absolute atomic E-state index is 0.0723. The largest absolute Gasteiger partial charge is 0.398 e. The molecule has 1 unspecified atom stereocenters. The van der Waals surface area contributed by atoms with Crippen molar-refractivity contribution in [3.8, 4) is 0 Å². The van der Waals surface area contributed by atoms with E-state index >= 15 is 0 Å². The Morgan fingerprint density at radius 1 is 1.45 bits per heavy atom. The van der Waals surface area contributed by atoms with E-state index in [1.807, 2.05) is 38.1 Å². The maximum Gasteiger partial charge on any atom is 0.270 e. The van der Waals surface area contributed by atoms with E-state index < -0.39 is 0 Å². The van der Waals surface area contributed by atoms with Gasteiger partial charge in [0.15, 0.2) is 0 Å². The Morgan fingerprint density at radius 3 is 2.95 bits per heavy atom. The zero-order valence-corrected chi connectivity index (χ0v) is 11.7. The lowest BCUT2D eigenvalue weighted by Gasteiger charge is -2.14. The smallest absolute Gasteiger partial charge is 0.270 e. The number of hydrogen-bond acceptors (Lipinski definition) is 4. The van der Waals surface area contributed by atoms with E-state index in [1.54, 1.807) is 6.07 Å². The molecular weight excluding hydrogens is 254 g/mol. The highest BCUT2D eigenvalue weighted by molar-refractivity contribution is 5.99. The Hall–Kier alpha value is -2.14. The summed E-state index contributed by atoms with van der Waals surface area (Å²) in [6.07, 6.45) is 0. The van der Waals surface area contributed by atoms with Gasteiger partial charge >= 0.3 is 0 Å². The molecule has 1 atom stereocenters. The molecule has 5 heteroatoms. The summed E-state index contributed by atoms with van der Waals surface area (Å²) in [6, 6.07) is 9.02. The molecule has 1 amide bonds. The quantitative estimate of drug-likeness (QED) is 0.873. The van der Waals surface area contributed by atoms with Gasteiger partial charge in [0, 0.05) is 23.7 Å². The van der Waals surface area contributed by atoms with Crippen LogP contribution in [0.1, 0.15) is 24.3 Å². The second-order valence-corrected chi connectivity index (χ2v) is 4.65. The predicted octanol–water partition coefficient (Wildman–Crippen LogP) is 1.97. The molecule has 106 valence electrons. The molecule has 20 heavy (non-hydrogen) atoms. The van der Waals surface area contributed by atoms with E-state index in [0.29, 0.717) is 24.6 Å². The van der Waals surface area contributed by atoms with Gasteiger partial charge in [-0.3, -0.25) is 4.79 Å². The molecular formula is C15H19N3O2. The lowest BCUT2D eigenvalue weighted by atomic mass is 10.1. The number of fused-ring (bicyclic) bond motifs is 1. The molecule has 0 fully saturated rings. The summed E-state index contributed by atoms with van der Waals surface area (Å²) in [5.74, 6) is -0.241. The van der Waals surface area contributed by atoms with Gasteiger partial charge in [0.1, 0.15) is 5.69 Å². The van der Waals surface area contributed by atoms with Crippen LogP contribution in [0.3, 0.4) is 0 Å². The minimum atomic E-state index is -0.241. The van der Waals surface area contributed by atoms with Gasteiger partial charge in [-0.25, -0.2) is 4.98 Å². The Morgan fingerprint density at radius 2 is 2.20 bits per heavy atom. The van der Waals surface area contributed by atoms with Crippen molar-refractivity contribution < 1.29 is 9.53 Å². The first-order valence-electron chi connectivity index (χ1n) is 6.65. The van der Waals surface area contributed by atoms with Crippen molar-refractivity contribution in [3.63, 3.8) is 0 Å². The second kappa shape index (κ2) is 6.34. The monoisotopic (exact) mass is 273 g/mol. The fourth-order valence-electron chi connectivity index (χ4n) is 1.95. The van der Waals surface area contributed by atoms with Crippen LogP contribution in [0.2, 0.25) is 0 Å². The number of carbonyl (C=O) groups is 1. The number of carbonyl (C=O) groups excluding carboxylic acids is 1. The number of anilines is 1. The van der Waals surface area contributed by atoms with Crippen molar-refractivity contribution in [3.05, 3.63) is 36.0 Å². The molecule has 0 bridgehead atoms. The van der Waals surface area contributed by atoms with E-state index in [1.165, 1.54) is 0 Å². The highest BCUT2D eigenvalue weighted by atomic mass is 16.5. The van der Waals surface area contributed by atoms with Crippen LogP contribution >= 0.6 is 0 Å². The molecule has 5 nitrogen and oxygen atoms in total. The molecule has 0 saturated heterocycles. The average molecular weight is 273 g/mol. The molecule has 1 aromatic heterocycles. The Balaban J connectivity index is 2.18. The number of rotatable bonds is 5. The second-order valence-electron chi connectivity index (χ2n) is 4.65. The van der Waals surface area contributed by atoms with Crippen molar-refractivity contribution in [1.82, 2.24) is 10.3 Å². The Bertz CT molecular complexity index is 613. The standard InChI is InChI=1S/C15H19N3O2/c1-3-20-9-10(2)17-15(19)14-8-12(16)11-6-4-5-7-13(11)18-14/h4-8,10H,3,9H2,1-2H3,(H2,16,18)(H,17,19). The van der Waals surface area contributed by atoms with Crippen molar-refractivity contribution in [2.45, 2.75) is 19.9 Å². The van der Waals surface area contributed by atoms with Crippen LogP contribution in [0.4, 0.5) is 5.69 Å². The number of ether oxygens (including phenoxy) is 1. The summed E-state index contributed by atoms with van der Waals surface area (Å²) < 4.78 is 5.27. The molecule has 0 radical (unpaired) electrons. The third-order valence-electron chi connectivity index (χ3n) is 2.93. The average Bonchev–Trinajstić information content (AvgIpc) is 2.45. The van der Waals surface area contributed by atoms with Gasteiger partial charge in [0.2, 0.25) is 0 Å². The first-order chi connectivity index (χ1) is 9.61. The third kappa shape index (κ3) is 3.24. The summed E-state index contributed by atoms with van der Waals surface area (Å²) in [7, 11) is 0. The van der Waals surface area contributed by atoms with Crippen LogP contribution in [0.15, 0.2) is 30.3 Å². The van der Waals surface area contributed by atoms with Gasteiger partial charge in [0.25, 0.3) is 5.91 Å². The molecule has 1 heterocycles. The van der Waals surface area contributed by atoms with Gasteiger partial charge in [-0.15, -0.1) is 0 Å². The Labute approximate surface area is 118 Å². The van der Waals surface area contributed by atoms with Gasteiger partial charge < -0.3 is 15.8 Å². The van der Waals surface area contributed by atoms with Crippen LogP contribution < -0.4 is 11.1 Å². The first kappa shape index (κ1) is 14.3. The molecule has 0 spiro atoms. The van der Waals surface area contributed by atoms with Crippen molar-refractivity contribution in [1.29, 1.82) is 0 Å². The zero-order valence-electron chi connectivity index (χ0n) is 11.7. The van der Waals surface area contributed by atoms with Crippen LogP contribution in [0.25, 0.3) is 10.9 Å². The molecule has 0 aliphatic rings. The van der Waals surface area contributed by atoms with E-state index in [9.17, 15) is 4.79 Å². The predicted molar refractivity (Wildman–Crippen MR) is 79.6 cm³/mol. The zero-order chi connectivity index (χ0) is 14.5. The van der Waals surface area contributed by atoms with Crippen LogP contribution in [-0.2, 0) is 4.74 Å². The number of benzene rings is 1. The highest BCUT2D eigenvalue weighted by Crippen LogP contribution is 2.19. The number of pyridine rings is 1. The maximum atomic E-state index is 12.1. The van der Waals surface area contributed by atoms with Crippen molar-refractivity contribution in [2.75, 3.05) is 18.9 Å². The van der Waals surface area contributed by atoms with Crippen LogP contribution in [0, 0.1) is 0 Å². The number of hydrogen-bond donors (Lipinski definition) is 2. The number of nitrogens with zero attached hydrogens (tertiary/aromatic N) is 1. The molecule has 0 saturated carbocycles. The summed E-state index contributed by atoms with van der Waals surface area (Å²) in [5.41, 5.74) is 7.56. The molecule has 0 aliphatic heterocycles. The number of aromatic nitrogens is 1. The SMILES string of the molecule is CCOCC(C)NC(=O)c1cc(N)c2ccccc2n1. The fraction of sp³-hybridized carbons (Fsp3) is 0.333. The topological polar surface area (TPSA) is 77.2 Å². The van der Waals surface area contributed by atoms with Gasteiger partial charge in [-0.05, 0) is 26.0 Å². The number of nitrogen functional groups attached to an aromatic ring is 1. The van der Waals surface area contributed by atoms with Crippen molar-refractivity contribution >= 4 is 22.5 Å². The summed E-state index contributed by atoms with van der Waals surface area (Å²) in [4.78, 5) is 16.5.